The van der Waals surface area contributed by atoms with Crippen LogP contribution in [0.5, 0.6) is 0 Å². The standard InChI is InChI=1S/C10H11FN2/c1-2-5-13-10-4-3-9(11)6-8(10)7-12/h3-4,6,13H,2,5H2,1H3. The number of benzene rings is 1. The molecule has 1 aromatic rings. The van der Waals surface area contributed by atoms with E-state index in [2.05, 4.69) is 5.32 Å². The van der Waals surface area contributed by atoms with E-state index in [1.165, 1.54) is 12.1 Å². The zero-order valence-electron chi connectivity index (χ0n) is 7.47. The van der Waals surface area contributed by atoms with Crippen LogP contribution in [0.4, 0.5) is 10.1 Å². The first-order chi connectivity index (χ1) is 6.27. The molecule has 0 aliphatic rings. The average Bonchev–Trinajstić information content (AvgIpc) is 2.16. The van der Waals surface area contributed by atoms with E-state index in [1.54, 1.807) is 6.07 Å². The van der Waals surface area contributed by atoms with Crippen molar-refractivity contribution in [2.45, 2.75) is 13.3 Å². The van der Waals surface area contributed by atoms with Gasteiger partial charge in [0.2, 0.25) is 0 Å². The predicted octanol–water partition coefficient (Wildman–Crippen LogP) is 2.52. The maximum absolute atomic E-state index is 12.7. The zero-order chi connectivity index (χ0) is 9.68. The molecule has 2 nitrogen and oxygen atoms in total. The van der Waals surface area contributed by atoms with Crippen molar-refractivity contribution in [1.29, 1.82) is 5.26 Å². The van der Waals surface area contributed by atoms with Crippen LogP contribution in [-0.2, 0) is 0 Å². The fraction of sp³-hybridized carbons (Fsp3) is 0.300. The van der Waals surface area contributed by atoms with Gasteiger partial charge in [-0.1, -0.05) is 6.92 Å². The lowest BCUT2D eigenvalue weighted by atomic mass is 10.2. The number of rotatable bonds is 3. The van der Waals surface area contributed by atoms with Crippen LogP contribution in [-0.4, -0.2) is 6.54 Å². The van der Waals surface area contributed by atoms with Crippen LogP contribution in [0.3, 0.4) is 0 Å². The topological polar surface area (TPSA) is 35.8 Å². The van der Waals surface area contributed by atoms with Gasteiger partial charge in [0.1, 0.15) is 11.9 Å². The molecule has 0 aromatic heterocycles. The first-order valence-electron chi connectivity index (χ1n) is 4.21. The number of anilines is 1. The quantitative estimate of drug-likeness (QED) is 0.771. The lowest BCUT2D eigenvalue weighted by Gasteiger charge is -2.05. The average molecular weight is 178 g/mol. The highest BCUT2D eigenvalue weighted by Gasteiger charge is 2.01. The molecule has 3 heteroatoms. The van der Waals surface area contributed by atoms with Crippen molar-refractivity contribution in [1.82, 2.24) is 0 Å². The predicted molar refractivity (Wildman–Crippen MR) is 49.9 cm³/mol. The molecular formula is C10H11FN2. The van der Waals surface area contributed by atoms with Crippen molar-refractivity contribution in [2.75, 3.05) is 11.9 Å². The summed E-state index contributed by atoms with van der Waals surface area (Å²) < 4.78 is 12.7. The van der Waals surface area contributed by atoms with Crippen molar-refractivity contribution < 1.29 is 4.39 Å². The summed E-state index contributed by atoms with van der Waals surface area (Å²) in [6.45, 7) is 2.82. The molecule has 0 saturated heterocycles. The second-order valence-corrected chi connectivity index (χ2v) is 2.73. The highest BCUT2D eigenvalue weighted by Crippen LogP contribution is 2.15. The Morgan fingerprint density at radius 1 is 1.54 bits per heavy atom. The van der Waals surface area contributed by atoms with Crippen molar-refractivity contribution in [2.24, 2.45) is 0 Å². The third-order valence-corrected chi connectivity index (χ3v) is 1.67. The van der Waals surface area contributed by atoms with Gasteiger partial charge in [-0.3, -0.25) is 0 Å². The number of hydrogen-bond donors (Lipinski definition) is 1. The number of halogens is 1. The second kappa shape index (κ2) is 4.46. The van der Waals surface area contributed by atoms with Crippen molar-refractivity contribution in [3.63, 3.8) is 0 Å². The summed E-state index contributed by atoms with van der Waals surface area (Å²) in [6, 6.07) is 6.11. The first kappa shape index (κ1) is 9.53. The Kier molecular flexibility index (Phi) is 3.27. The SMILES string of the molecule is CCCNc1ccc(F)cc1C#N. The van der Waals surface area contributed by atoms with Crippen molar-refractivity contribution in [3.05, 3.63) is 29.6 Å². The highest BCUT2D eigenvalue weighted by atomic mass is 19.1. The van der Waals surface area contributed by atoms with Crippen LogP contribution in [0.15, 0.2) is 18.2 Å². The van der Waals surface area contributed by atoms with Crippen LogP contribution in [0, 0.1) is 17.1 Å². The Bertz CT molecular complexity index is 328. The molecule has 0 radical (unpaired) electrons. The molecule has 1 rings (SSSR count). The lowest BCUT2D eigenvalue weighted by molar-refractivity contribution is 0.627. The molecule has 1 aromatic carbocycles. The van der Waals surface area contributed by atoms with Crippen LogP contribution < -0.4 is 5.32 Å². The molecule has 0 heterocycles. The number of nitriles is 1. The molecule has 68 valence electrons. The number of hydrogen-bond acceptors (Lipinski definition) is 2. The van der Waals surface area contributed by atoms with E-state index in [0.29, 0.717) is 11.3 Å². The van der Waals surface area contributed by atoms with Gasteiger partial charge in [0.15, 0.2) is 0 Å². The largest absolute Gasteiger partial charge is 0.384 e. The van der Waals surface area contributed by atoms with Crippen molar-refractivity contribution >= 4 is 5.69 Å². The van der Waals surface area contributed by atoms with Gasteiger partial charge in [-0.15, -0.1) is 0 Å². The minimum absolute atomic E-state index is 0.355. The van der Waals surface area contributed by atoms with Gasteiger partial charge in [-0.2, -0.15) is 5.26 Å². The fourth-order valence-corrected chi connectivity index (χ4v) is 1.02. The molecule has 0 spiro atoms. The normalized spacial score (nSPS) is 9.31. The third-order valence-electron chi connectivity index (χ3n) is 1.67. The molecular weight excluding hydrogens is 167 g/mol. The van der Waals surface area contributed by atoms with Gasteiger partial charge in [0.25, 0.3) is 0 Å². The molecule has 0 saturated carbocycles. The number of nitrogens with one attached hydrogen (secondary N) is 1. The van der Waals surface area contributed by atoms with E-state index in [1.807, 2.05) is 13.0 Å². The zero-order valence-corrected chi connectivity index (χ0v) is 7.47. The van der Waals surface area contributed by atoms with Gasteiger partial charge in [0, 0.05) is 6.54 Å². The number of nitrogens with zero attached hydrogens (tertiary/aromatic N) is 1. The Hall–Kier alpha value is -1.56. The Morgan fingerprint density at radius 3 is 2.92 bits per heavy atom. The van der Waals surface area contributed by atoms with E-state index in [0.717, 1.165) is 13.0 Å². The summed E-state index contributed by atoms with van der Waals surface area (Å²) in [5.74, 6) is -0.376. The lowest BCUT2D eigenvalue weighted by Crippen LogP contribution is -2.01. The molecule has 0 unspecified atom stereocenters. The summed E-state index contributed by atoms with van der Waals surface area (Å²) >= 11 is 0. The second-order valence-electron chi connectivity index (χ2n) is 2.73. The molecule has 1 N–H and O–H groups in total. The molecule has 0 aliphatic heterocycles. The minimum Gasteiger partial charge on any atom is -0.384 e. The highest BCUT2D eigenvalue weighted by molar-refractivity contribution is 5.57. The molecule has 0 bridgehead atoms. The summed E-state index contributed by atoms with van der Waals surface area (Å²) in [4.78, 5) is 0. The Balaban J connectivity index is 2.88. The molecule has 0 atom stereocenters. The Labute approximate surface area is 77.0 Å². The van der Waals surface area contributed by atoms with Crippen LogP contribution in [0.2, 0.25) is 0 Å². The Morgan fingerprint density at radius 2 is 2.31 bits per heavy atom. The summed E-state index contributed by atoms with van der Waals surface area (Å²) in [5, 5.41) is 11.7. The van der Waals surface area contributed by atoms with E-state index in [-0.39, 0.29) is 5.82 Å². The molecule has 0 fully saturated rings. The molecule has 13 heavy (non-hydrogen) atoms. The summed E-state index contributed by atoms with van der Waals surface area (Å²) in [7, 11) is 0. The summed E-state index contributed by atoms with van der Waals surface area (Å²) in [5.41, 5.74) is 1.05. The van der Waals surface area contributed by atoms with Crippen LogP contribution in [0.25, 0.3) is 0 Å². The first-order valence-corrected chi connectivity index (χ1v) is 4.21. The fourth-order valence-electron chi connectivity index (χ4n) is 1.02. The van der Waals surface area contributed by atoms with Crippen LogP contribution in [0.1, 0.15) is 18.9 Å². The third kappa shape index (κ3) is 2.45. The maximum Gasteiger partial charge on any atom is 0.124 e. The van der Waals surface area contributed by atoms with E-state index < -0.39 is 0 Å². The van der Waals surface area contributed by atoms with E-state index in [9.17, 15) is 4.39 Å². The van der Waals surface area contributed by atoms with E-state index >= 15 is 0 Å². The maximum atomic E-state index is 12.7. The van der Waals surface area contributed by atoms with Crippen molar-refractivity contribution in [3.8, 4) is 6.07 Å². The van der Waals surface area contributed by atoms with Gasteiger partial charge >= 0.3 is 0 Å². The smallest absolute Gasteiger partial charge is 0.124 e. The van der Waals surface area contributed by atoms with Gasteiger partial charge < -0.3 is 5.32 Å². The monoisotopic (exact) mass is 178 g/mol. The molecule has 0 aliphatic carbocycles. The van der Waals surface area contributed by atoms with Gasteiger partial charge in [-0.05, 0) is 24.6 Å². The van der Waals surface area contributed by atoms with Gasteiger partial charge in [0.05, 0.1) is 11.3 Å². The minimum atomic E-state index is -0.376. The van der Waals surface area contributed by atoms with Gasteiger partial charge in [-0.25, -0.2) is 4.39 Å². The van der Waals surface area contributed by atoms with E-state index in [4.69, 9.17) is 5.26 Å². The molecule has 0 amide bonds. The van der Waals surface area contributed by atoms with Crippen LogP contribution >= 0.6 is 0 Å². The summed E-state index contributed by atoms with van der Waals surface area (Å²) in [6.07, 6.45) is 0.974.